The minimum Gasteiger partial charge on any atom is -0.495 e. The van der Waals surface area contributed by atoms with Gasteiger partial charge in [-0.2, -0.15) is 5.26 Å². The average molecular weight is 246 g/mol. The fourth-order valence-electron chi connectivity index (χ4n) is 2.32. The van der Waals surface area contributed by atoms with E-state index < -0.39 is 0 Å². The van der Waals surface area contributed by atoms with Crippen LogP contribution in [0.5, 0.6) is 5.75 Å². The van der Waals surface area contributed by atoms with E-state index in [0.29, 0.717) is 17.4 Å². The van der Waals surface area contributed by atoms with Crippen LogP contribution < -0.4 is 10.1 Å². The lowest BCUT2D eigenvalue weighted by Crippen LogP contribution is -2.28. The number of benzene rings is 1. The van der Waals surface area contributed by atoms with Gasteiger partial charge in [0, 0.05) is 12.1 Å². The molecule has 0 spiro atoms. The number of hydrogen-bond donors (Lipinski definition) is 2. The second-order valence-electron chi connectivity index (χ2n) is 4.68. The Kier molecular flexibility index (Phi) is 4.06. The van der Waals surface area contributed by atoms with Crippen molar-refractivity contribution in [3.63, 3.8) is 0 Å². The first kappa shape index (κ1) is 12.7. The Labute approximate surface area is 107 Å². The summed E-state index contributed by atoms with van der Waals surface area (Å²) in [6, 6.07) is 7.86. The lowest BCUT2D eigenvalue weighted by molar-refractivity contribution is 0.126. The fraction of sp³-hybridized carbons (Fsp3) is 0.500. The summed E-state index contributed by atoms with van der Waals surface area (Å²) in [5.74, 6) is 0.695. The number of nitriles is 1. The number of ether oxygens (including phenoxy) is 1. The van der Waals surface area contributed by atoms with Crippen LogP contribution in [0.2, 0.25) is 0 Å². The number of methoxy groups -OCH3 is 1. The van der Waals surface area contributed by atoms with Crippen LogP contribution in [0.3, 0.4) is 0 Å². The Hall–Kier alpha value is -1.73. The Morgan fingerprint density at radius 3 is 2.67 bits per heavy atom. The molecule has 1 fully saturated rings. The number of aliphatic hydroxyl groups excluding tert-OH is 1. The molecule has 0 amide bonds. The van der Waals surface area contributed by atoms with Crippen molar-refractivity contribution in [2.45, 2.75) is 37.8 Å². The van der Waals surface area contributed by atoms with Crippen molar-refractivity contribution in [3.05, 3.63) is 23.8 Å². The second kappa shape index (κ2) is 5.74. The quantitative estimate of drug-likeness (QED) is 0.858. The molecule has 96 valence electrons. The van der Waals surface area contributed by atoms with E-state index in [4.69, 9.17) is 10.00 Å². The first-order chi connectivity index (χ1) is 8.72. The average Bonchev–Trinajstić information content (AvgIpc) is 2.41. The molecular formula is C14H18N2O2. The number of aliphatic hydroxyl groups is 1. The summed E-state index contributed by atoms with van der Waals surface area (Å²) in [5, 5.41) is 21.7. The third-order valence-corrected chi connectivity index (χ3v) is 3.39. The van der Waals surface area contributed by atoms with Crippen LogP contribution >= 0.6 is 0 Å². The first-order valence-electron chi connectivity index (χ1n) is 6.25. The highest BCUT2D eigenvalue weighted by molar-refractivity contribution is 5.59. The van der Waals surface area contributed by atoms with Gasteiger partial charge < -0.3 is 15.2 Å². The van der Waals surface area contributed by atoms with E-state index in [1.807, 2.05) is 6.07 Å². The maximum absolute atomic E-state index is 9.47. The maximum atomic E-state index is 9.47. The van der Waals surface area contributed by atoms with Crippen molar-refractivity contribution in [2.75, 3.05) is 12.4 Å². The molecule has 2 rings (SSSR count). The van der Waals surface area contributed by atoms with Crippen molar-refractivity contribution >= 4 is 5.69 Å². The molecule has 1 aromatic rings. The van der Waals surface area contributed by atoms with E-state index in [2.05, 4.69) is 11.4 Å². The van der Waals surface area contributed by atoms with Gasteiger partial charge in [0.15, 0.2) is 0 Å². The molecule has 1 saturated carbocycles. The number of nitrogens with one attached hydrogen (secondary N) is 1. The topological polar surface area (TPSA) is 65.3 Å². The predicted molar refractivity (Wildman–Crippen MR) is 69.6 cm³/mol. The standard InChI is InChI=1S/C14H18N2O2/c1-18-14-8-10(9-15)2-7-13(14)16-11-3-5-12(17)6-4-11/h2,7-8,11-12,16-17H,3-6H2,1H3. The normalized spacial score (nSPS) is 23.2. The number of anilines is 1. The molecular weight excluding hydrogens is 228 g/mol. The van der Waals surface area contributed by atoms with Crippen molar-refractivity contribution in [1.82, 2.24) is 0 Å². The van der Waals surface area contributed by atoms with Crippen molar-refractivity contribution in [3.8, 4) is 11.8 Å². The molecule has 0 aliphatic heterocycles. The molecule has 0 bridgehead atoms. The van der Waals surface area contributed by atoms with E-state index >= 15 is 0 Å². The largest absolute Gasteiger partial charge is 0.495 e. The van der Waals surface area contributed by atoms with Gasteiger partial charge in [0.05, 0.1) is 30.5 Å². The van der Waals surface area contributed by atoms with Crippen molar-refractivity contribution in [1.29, 1.82) is 5.26 Å². The van der Waals surface area contributed by atoms with Crippen LogP contribution in [-0.4, -0.2) is 24.4 Å². The minimum atomic E-state index is -0.147. The smallest absolute Gasteiger partial charge is 0.143 e. The molecule has 0 aromatic heterocycles. The molecule has 0 heterocycles. The minimum absolute atomic E-state index is 0.147. The summed E-state index contributed by atoms with van der Waals surface area (Å²) in [7, 11) is 1.60. The van der Waals surface area contributed by atoms with Crippen LogP contribution in [0, 0.1) is 11.3 Å². The van der Waals surface area contributed by atoms with E-state index in [1.165, 1.54) is 0 Å². The molecule has 18 heavy (non-hydrogen) atoms. The van der Waals surface area contributed by atoms with Gasteiger partial charge in [-0.3, -0.25) is 0 Å². The SMILES string of the molecule is COc1cc(C#N)ccc1NC1CCC(O)CC1. The summed E-state index contributed by atoms with van der Waals surface area (Å²) in [4.78, 5) is 0. The third kappa shape index (κ3) is 2.93. The molecule has 0 saturated heterocycles. The summed E-state index contributed by atoms with van der Waals surface area (Å²) < 4.78 is 5.29. The van der Waals surface area contributed by atoms with Crippen LogP contribution in [0.25, 0.3) is 0 Å². The Morgan fingerprint density at radius 1 is 1.33 bits per heavy atom. The second-order valence-corrected chi connectivity index (χ2v) is 4.68. The molecule has 0 unspecified atom stereocenters. The summed E-state index contributed by atoms with van der Waals surface area (Å²) in [5.41, 5.74) is 1.51. The van der Waals surface area contributed by atoms with E-state index in [1.54, 1.807) is 19.2 Å². The van der Waals surface area contributed by atoms with E-state index in [-0.39, 0.29) is 6.10 Å². The van der Waals surface area contributed by atoms with Gasteiger partial charge in [-0.25, -0.2) is 0 Å². The number of nitrogens with zero attached hydrogens (tertiary/aromatic N) is 1. The highest BCUT2D eigenvalue weighted by Crippen LogP contribution is 2.29. The van der Waals surface area contributed by atoms with Gasteiger partial charge in [-0.1, -0.05) is 0 Å². The maximum Gasteiger partial charge on any atom is 0.143 e. The molecule has 1 aromatic carbocycles. The highest BCUT2D eigenvalue weighted by atomic mass is 16.5. The number of hydrogen-bond acceptors (Lipinski definition) is 4. The van der Waals surface area contributed by atoms with E-state index in [9.17, 15) is 5.11 Å². The van der Waals surface area contributed by atoms with E-state index in [0.717, 1.165) is 31.4 Å². The van der Waals surface area contributed by atoms with Gasteiger partial charge in [0.2, 0.25) is 0 Å². The zero-order valence-corrected chi connectivity index (χ0v) is 10.5. The monoisotopic (exact) mass is 246 g/mol. The van der Waals surface area contributed by atoms with Gasteiger partial charge in [0.25, 0.3) is 0 Å². The van der Waals surface area contributed by atoms with Gasteiger partial charge in [-0.15, -0.1) is 0 Å². The molecule has 0 radical (unpaired) electrons. The first-order valence-corrected chi connectivity index (χ1v) is 6.25. The zero-order chi connectivity index (χ0) is 13.0. The van der Waals surface area contributed by atoms with Crippen molar-refractivity contribution < 1.29 is 9.84 Å². The molecule has 1 aliphatic rings. The number of rotatable bonds is 3. The summed E-state index contributed by atoms with van der Waals surface area (Å²) in [6.45, 7) is 0. The molecule has 1 aliphatic carbocycles. The summed E-state index contributed by atoms with van der Waals surface area (Å²) in [6.07, 6.45) is 3.46. The Morgan fingerprint density at radius 2 is 2.06 bits per heavy atom. The lowest BCUT2D eigenvalue weighted by Gasteiger charge is -2.27. The molecule has 4 nitrogen and oxygen atoms in total. The van der Waals surface area contributed by atoms with Gasteiger partial charge in [0.1, 0.15) is 5.75 Å². The van der Waals surface area contributed by atoms with Crippen LogP contribution in [-0.2, 0) is 0 Å². The fourth-order valence-corrected chi connectivity index (χ4v) is 2.32. The Bertz CT molecular complexity index is 446. The van der Waals surface area contributed by atoms with Gasteiger partial charge in [-0.05, 0) is 37.8 Å². The highest BCUT2D eigenvalue weighted by Gasteiger charge is 2.20. The van der Waals surface area contributed by atoms with Crippen LogP contribution in [0.4, 0.5) is 5.69 Å². The lowest BCUT2D eigenvalue weighted by atomic mass is 9.93. The zero-order valence-electron chi connectivity index (χ0n) is 10.5. The summed E-state index contributed by atoms with van der Waals surface area (Å²) >= 11 is 0. The van der Waals surface area contributed by atoms with Crippen molar-refractivity contribution in [2.24, 2.45) is 0 Å². The molecule has 0 atom stereocenters. The third-order valence-electron chi connectivity index (χ3n) is 3.39. The molecule has 2 N–H and O–H groups in total. The predicted octanol–water partition coefficient (Wildman–Crippen LogP) is 2.28. The molecule has 4 heteroatoms. The van der Waals surface area contributed by atoms with Gasteiger partial charge >= 0.3 is 0 Å². The van der Waals surface area contributed by atoms with Crippen LogP contribution in [0.1, 0.15) is 31.2 Å². The Balaban J connectivity index is 2.07. The van der Waals surface area contributed by atoms with Crippen LogP contribution in [0.15, 0.2) is 18.2 Å².